The van der Waals surface area contributed by atoms with Gasteiger partial charge in [0.2, 0.25) is 0 Å². The van der Waals surface area contributed by atoms with Crippen LogP contribution in [0.3, 0.4) is 0 Å². The van der Waals surface area contributed by atoms with Gasteiger partial charge in [-0.2, -0.15) is 0 Å². The molecule has 2 heterocycles. The predicted octanol–water partition coefficient (Wildman–Crippen LogP) is 5.39. The van der Waals surface area contributed by atoms with E-state index in [2.05, 4.69) is 0 Å². The van der Waals surface area contributed by atoms with Gasteiger partial charge in [-0.05, 0) is 29.3 Å². The number of rotatable bonds is 5. The van der Waals surface area contributed by atoms with E-state index in [1.807, 2.05) is 72.8 Å². The fourth-order valence-electron chi connectivity index (χ4n) is 4.66. The van der Waals surface area contributed by atoms with Crippen molar-refractivity contribution in [3.63, 3.8) is 0 Å². The summed E-state index contributed by atoms with van der Waals surface area (Å²) in [5.41, 5.74) is 3.38. The van der Waals surface area contributed by atoms with Crippen LogP contribution in [0.25, 0.3) is 11.8 Å². The summed E-state index contributed by atoms with van der Waals surface area (Å²) in [7, 11) is 0. The normalized spacial score (nSPS) is 15.2. The molecule has 1 aromatic heterocycles. The largest absolute Gasteiger partial charge is 0.289 e. The SMILES string of the molecule is O=C(C1=C(c2ccccc2)N=c2s/c(=C\c3ccccc3)c(=O)n2C1c1ccc(F)cc1)c1ccccc1. The molecule has 0 saturated heterocycles. The molecule has 0 saturated carbocycles. The van der Waals surface area contributed by atoms with Crippen molar-refractivity contribution in [2.24, 2.45) is 4.99 Å². The van der Waals surface area contributed by atoms with Crippen molar-refractivity contribution >= 4 is 28.9 Å². The highest BCUT2D eigenvalue weighted by Gasteiger charge is 2.34. The molecule has 6 rings (SSSR count). The first-order valence-corrected chi connectivity index (χ1v) is 12.9. The summed E-state index contributed by atoms with van der Waals surface area (Å²) in [6.45, 7) is 0. The number of hydrogen-bond acceptors (Lipinski definition) is 4. The van der Waals surface area contributed by atoms with Crippen LogP contribution in [0.4, 0.5) is 4.39 Å². The highest BCUT2D eigenvalue weighted by atomic mass is 32.1. The minimum atomic E-state index is -0.785. The van der Waals surface area contributed by atoms with E-state index in [0.29, 0.717) is 31.7 Å². The van der Waals surface area contributed by atoms with Crippen LogP contribution in [0.2, 0.25) is 0 Å². The Balaban J connectivity index is 1.68. The smallest absolute Gasteiger partial charge is 0.271 e. The Hall–Kier alpha value is -4.68. The number of hydrogen-bond donors (Lipinski definition) is 0. The van der Waals surface area contributed by atoms with E-state index >= 15 is 0 Å². The van der Waals surface area contributed by atoms with E-state index < -0.39 is 11.9 Å². The van der Waals surface area contributed by atoms with Gasteiger partial charge in [0.15, 0.2) is 10.6 Å². The molecule has 1 aliphatic rings. The molecular formula is C32H21FN2O2S. The number of allylic oxidation sites excluding steroid dienone is 1. The van der Waals surface area contributed by atoms with Crippen LogP contribution in [-0.4, -0.2) is 10.4 Å². The maximum absolute atomic E-state index is 14.1. The maximum atomic E-state index is 14.1. The van der Waals surface area contributed by atoms with Gasteiger partial charge in [0.1, 0.15) is 5.82 Å². The second-order valence-electron chi connectivity index (χ2n) is 8.87. The summed E-state index contributed by atoms with van der Waals surface area (Å²) in [6.07, 6.45) is 1.83. The number of nitrogens with zero attached hydrogens (tertiary/aromatic N) is 2. The van der Waals surface area contributed by atoms with E-state index in [9.17, 15) is 14.0 Å². The number of Topliss-reactive ketones (excluding diaryl/α,β-unsaturated/α-hetero) is 1. The fraction of sp³-hybridized carbons (Fsp3) is 0.0312. The van der Waals surface area contributed by atoms with E-state index in [4.69, 9.17) is 4.99 Å². The lowest BCUT2D eigenvalue weighted by molar-refractivity contribution is 0.102. The number of carbonyl (C=O) groups excluding carboxylic acids is 1. The molecule has 0 N–H and O–H groups in total. The Labute approximate surface area is 222 Å². The van der Waals surface area contributed by atoms with Gasteiger partial charge in [-0.25, -0.2) is 9.38 Å². The summed E-state index contributed by atoms with van der Waals surface area (Å²) in [4.78, 5) is 33.4. The minimum absolute atomic E-state index is 0.236. The van der Waals surface area contributed by atoms with Gasteiger partial charge in [-0.3, -0.25) is 14.2 Å². The van der Waals surface area contributed by atoms with E-state index in [1.54, 1.807) is 41.0 Å². The number of halogens is 1. The van der Waals surface area contributed by atoms with Crippen LogP contribution in [0, 0.1) is 5.82 Å². The molecular weight excluding hydrogens is 495 g/mol. The Morgan fingerprint density at radius 3 is 2.08 bits per heavy atom. The molecule has 1 unspecified atom stereocenters. The summed E-state index contributed by atoms with van der Waals surface area (Å²) >= 11 is 1.28. The molecule has 184 valence electrons. The average molecular weight is 517 g/mol. The molecule has 0 fully saturated rings. The second-order valence-corrected chi connectivity index (χ2v) is 9.88. The van der Waals surface area contributed by atoms with Crippen LogP contribution in [0.15, 0.2) is 131 Å². The molecule has 38 heavy (non-hydrogen) atoms. The van der Waals surface area contributed by atoms with Gasteiger partial charge in [-0.15, -0.1) is 0 Å². The third-order valence-electron chi connectivity index (χ3n) is 6.44. The van der Waals surface area contributed by atoms with Gasteiger partial charge in [0.25, 0.3) is 5.56 Å². The van der Waals surface area contributed by atoms with Crippen molar-refractivity contribution in [2.75, 3.05) is 0 Å². The Morgan fingerprint density at radius 2 is 1.42 bits per heavy atom. The first-order chi connectivity index (χ1) is 18.6. The fourth-order valence-corrected chi connectivity index (χ4v) is 5.66. The maximum Gasteiger partial charge on any atom is 0.271 e. The van der Waals surface area contributed by atoms with Crippen molar-refractivity contribution < 1.29 is 9.18 Å². The van der Waals surface area contributed by atoms with Gasteiger partial charge in [-0.1, -0.05) is 114 Å². The van der Waals surface area contributed by atoms with Gasteiger partial charge >= 0.3 is 0 Å². The van der Waals surface area contributed by atoms with Gasteiger partial charge < -0.3 is 0 Å². The molecule has 6 heteroatoms. The molecule has 0 radical (unpaired) electrons. The molecule has 5 aromatic rings. The molecule has 0 aliphatic carbocycles. The van der Waals surface area contributed by atoms with Crippen molar-refractivity contribution in [1.29, 1.82) is 0 Å². The molecule has 0 amide bonds. The number of ketones is 1. The lowest BCUT2D eigenvalue weighted by Crippen LogP contribution is -2.39. The third-order valence-corrected chi connectivity index (χ3v) is 7.42. The molecule has 4 nitrogen and oxygen atoms in total. The number of benzene rings is 4. The van der Waals surface area contributed by atoms with E-state index in [-0.39, 0.29) is 11.3 Å². The lowest BCUT2D eigenvalue weighted by Gasteiger charge is -2.26. The summed E-state index contributed by atoms with van der Waals surface area (Å²) in [5, 5.41) is 0. The first-order valence-electron chi connectivity index (χ1n) is 12.1. The van der Waals surface area contributed by atoms with Crippen LogP contribution < -0.4 is 14.9 Å². The Morgan fingerprint density at radius 1 is 0.816 bits per heavy atom. The number of carbonyl (C=O) groups is 1. The first kappa shape index (κ1) is 23.7. The summed E-state index contributed by atoms with van der Waals surface area (Å²) in [5.74, 6) is -0.631. The lowest BCUT2D eigenvalue weighted by atomic mass is 9.88. The third kappa shape index (κ3) is 4.35. The van der Waals surface area contributed by atoms with Crippen LogP contribution in [0.5, 0.6) is 0 Å². The zero-order valence-corrected chi connectivity index (χ0v) is 20.9. The van der Waals surface area contributed by atoms with Crippen molar-refractivity contribution in [3.05, 3.63) is 169 Å². The summed E-state index contributed by atoms with van der Waals surface area (Å²) in [6, 6.07) is 33.2. The number of aromatic nitrogens is 1. The number of thiazole rings is 1. The van der Waals surface area contributed by atoms with Crippen molar-refractivity contribution in [2.45, 2.75) is 6.04 Å². The highest BCUT2D eigenvalue weighted by Crippen LogP contribution is 2.36. The zero-order valence-electron chi connectivity index (χ0n) is 20.1. The zero-order chi connectivity index (χ0) is 26.1. The van der Waals surface area contributed by atoms with Crippen LogP contribution >= 0.6 is 11.3 Å². The van der Waals surface area contributed by atoms with Crippen molar-refractivity contribution in [1.82, 2.24) is 4.57 Å². The monoisotopic (exact) mass is 516 g/mol. The molecule has 1 aliphatic heterocycles. The molecule has 1 atom stereocenters. The number of fused-ring (bicyclic) bond motifs is 1. The minimum Gasteiger partial charge on any atom is -0.289 e. The van der Waals surface area contributed by atoms with E-state index in [1.165, 1.54) is 23.5 Å². The summed E-state index contributed by atoms with van der Waals surface area (Å²) < 4.78 is 16.0. The molecule has 0 spiro atoms. The van der Waals surface area contributed by atoms with Gasteiger partial charge in [0.05, 0.1) is 21.8 Å². The van der Waals surface area contributed by atoms with Gasteiger partial charge in [0, 0.05) is 11.1 Å². The second kappa shape index (κ2) is 10.00. The topological polar surface area (TPSA) is 51.4 Å². The Kier molecular flexibility index (Phi) is 6.23. The van der Waals surface area contributed by atoms with Crippen LogP contribution in [-0.2, 0) is 0 Å². The predicted molar refractivity (Wildman–Crippen MR) is 148 cm³/mol. The molecule has 0 bridgehead atoms. The Bertz CT molecular complexity index is 1840. The molecule has 4 aromatic carbocycles. The van der Waals surface area contributed by atoms with Crippen LogP contribution in [0.1, 0.15) is 33.1 Å². The standard InChI is InChI=1S/C32H21FN2O2S/c33-25-18-16-23(17-19-25)29-27(30(36)24-14-8-3-9-15-24)28(22-12-6-2-7-13-22)34-32-35(29)31(37)26(38-32)20-21-10-4-1-5-11-21/h1-20,29H/b26-20-. The quantitative estimate of drug-likeness (QED) is 0.294. The van der Waals surface area contributed by atoms with E-state index in [0.717, 1.165) is 11.1 Å². The van der Waals surface area contributed by atoms with Crippen molar-refractivity contribution in [3.8, 4) is 0 Å². The highest BCUT2D eigenvalue weighted by molar-refractivity contribution is 7.07. The average Bonchev–Trinajstić information content (AvgIpc) is 3.28.